The summed E-state index contributed by atoms with van der Waals surface area (Å²) < 4.78 is 29.0. The largest absolute Gasteiger partial charge is 0.477 e. The van der Waals surface area contributed by atoms with Crippen LogP contribution in [0.15, 0.2) is 23.5 Å². The SMILES string of the molecule is Cn1cnc(CNS(=O)(=O)c2cc(C(=O)O)n(C)c2)n1. The first-order chi connectivity index (χ1) is 9.29. The number of hydrogen-bond acceptors (Lipinski definition) is 5. The summed E-state index contributed by atoms with van der Waals surface area (Å²) in [5, 5.41) is 12.8. The van der Waals surface area contributed by atoms with Gasteiger partial charge in [-0.1, -0.05) is 0 Å². The van der Waals surface area contributed by atoms with Crippen LogP contribution in [0.5, 0.6) is 0 Å². The van der Waals surface area contributed by atoms with Gasteiger partial charge in [0.1, 0.15) is 16.9 Å². The zero-order chi connectivity index (χ0) is 14.9. The molecule has 0 saturated heterocycles. The van der Waals surface area contributed by atoms with Crippen molar-refractivity contribution >= 4 is 16.0 Å². The minimum absolute atomic E-state index is 0.0690. The average molecular weight is 299 g/mol. The van der Waals surface area contributed by atoms with Crippen LogP contribution >= 0.6 is 0 Å². The van der Waals surface area contributed by atoms with Gasteiger partial charge in [-0.05, 0) is 6.07 Å². The Morgan fingerprint density at radius 1 is 1.45 bits per heavy atom. The number of carboxylic acids is 1. The Balaban J connectivity index is 2.18. The van der Waals surface area contributed by atoms with Gasteiger partial charge in [0.05, 0.1) is 6.54 Å². The molecule has 0 unspecified atom stereocenters. The van der Waals surface area contributed by atoms with E-state index in [9.17, 15) is 13.2 Å². The highest BCUT2D eigenvalue weighted by molar-refractivity contribution is 7.89. The minimum atomic E-state index is -3.81. The fourth-order valence-corrected chi connectivity index (χ4v) is 2.65. The van der Waals surface area contributed by atoms with E-state index >= 15 is 0 Å². The van der Waals surface area contributed by atoms with E-state index in [1.54, 1.807) is 7.05 Å². The summed E-state index contributed by atoms with van der Waals surface area (Å²) >= 11 is 0. The monoisotopic (exact) mass is 299 g/mol. The van der Waals surface area contributed by atoms with Crippen LogP contribution in [0.4, 0.5) is 0 Å². The Morgan fingerprint density at radius 3 is 2.65 bits per heavy atom. The minimum Gasteiger partial charge on any atom is -0.477 e. The Labute approximate surface area is 114 Å². The van der Waals surface area contributed by atoms with Crippen LogP contribution in [0.1, 0.15) is 16.3 Å². The number of aromatic carboxylic acids is 1. The molecular weight excluding hydrogens is 286 g/mol. The second-order valence-electron chi connectivity index (χ2n) is 4.14. The molecule has 2 heterocycles. The third-order valence-corrected chi connectivity index (χ3v) is 3.94. The number of nitrogens with one attached hydrogen (secondary N) is 1. The molecule has 0 amide bonds. The lowest BCUT2D eigenvalue weighted by atomic mass is 10.4. The molecule has 108 valence electrons. The van der Waals surface area contributed by atoms with Gasteiger partial charge in [0.15, 0.2) is 5.82 Å². The third-order valence-electron chi connectivity index (χ3n) is 2.58. The molecule has 0 atom stereocenters. The van der Waals surface area contributed by atoms with Crippen molar-refractivity contribution in [3.05, 3.63) is 30.1 Å². The molecular formula is C10H13N5O4S. The molecule has 0 bridgehead atoms. The Hall–Kier alpha value is -2.20. The highest BCUT2D eigenvalue weighted by Crippen LogP contribution is 2.13. The molecule has 2 aromatic heterocycles. The van der Waals surface area contributed by atoms with E-state index in [-0.39, 0.29) is 17.1 Å². The van der Waals surface area contributed by atoms with Crippen LogP contribution in [0.25, 0.3) is 0 Å². The topological polar surface area (TPSA) is 119 Å². The number of carboxylic acid groups (broad SMARTS) is 1. The molecule has 2 N–H and O–H groups in total. The van der Waals surface area contributed by atoms with E-state index in [1.807, 2.05) is 0 Å². The van der Waals surface area contributed by atoms with Gasteiger partial charge in [0.2, 0.25) is 10.0 Å². The van der Waals surface area contributed by atoms with Gasteiger partial charge in [0.25, 0.3) is 0 Å². The Kier molecular flexibility index (Phi) is 3.59. The molecule has 0 radical (unpaired) electrons. The highest BCUT2D eigenvalue weighted by Gasteiger charge is 2.20. The maximum atomic E-state index is 12.0. The molecule has 0 fully saturated rings. The molecule has 0 aliphatic rings. The van der Waals surface area contributed by atoms with Crippen molar-refractivity contribution < 1.29 is 18.3 Å². The molecule has 2 rings (SSSR count). The quantitative estimate of drug-likeness (QED) is 0.755. The number of sulfonamides is 1. The summed E-state index contributed by atoms with van der Waals surface area (Å²) in [5.41, 5.74) is -0.110. The van der Waals surface area contributed by atoms with E-state index in [4.69, 9.17) is 5.11 Å². The number of aromatic nitrogens is 4. The van der Waals surface area contributed by atoms with Crippen molar-refractivity contribution in [1.82, 2.24) is 24.1 Å². The molecule has 0 aromatic carbocycles. The second-order valence-corrected chi connectivity index (χ2v) is 5.90. The predicted molar refractivity (Wildman–Crippen MR) is 67.4 cm³/mol. The van der Waals surface area contributed by atoms with Crippen LogP contribution in [0, 0.1) is 0 Å². The summed E-state index contributed by atoms with van der Waals surface area (Å²) in [7, 11) is -0.679. The van der Waals surface area contributed by atoms with Crippen molar-refractivity contribution in [2.24, 2.45) is 14.1 Å². The van der Waals surface area contributed by atoms with Gasteiger partial charge in [-0.15, -0.1) is 0 Å². The second kappa shape index (κ2) is 5.06. The van der Waals surface area contributed by atoms with Gasteiger partial charge >= 0.3 is 5.97 Å². The zero-order valence-electron chi connectivity index (χ0n) is 10.8. The summed E-state index contributed by atoms with van der Waals surface area (Å²) in [5.74, 6) is -0.870. The van der Waals surface area contributed by atoms with Gasteiger partial charge in [-0.3, -0.25) is 4.68 Å². The lowest BCUT2D eigenvalue weighted by Gasteiger charge is -2.01. The smallest absolute Gasteiger partial charge is 0.352 e. The normalized spacial score (nSPS) is 11.7. The van der Waals surface area contributed by atoms with E-state index in [1.165, 1.54) is 28.8 Å². The summed E-state index contributed by atoms with van der Waals surface area (Å²) in [6, 6.07) is 1.09. The van der Waals surface area contributed by atoms with E-state index < -0.39 is 16.0 Å². The first-order valence-electron chi connectivity index (χ1n) is 5.53. The first-order valence-corrected chi connectivity index (χ1v) is 7.02. The molecule has 0 aliphatic heterocycles. The molecule has 20 heavy (non-hydrogen) atoms. The maximum absolute atomic E-state index is 12.0. The van der Waals surface area contributed by atoms with Crippen LogP contribution in [-0.4, -0.2) is 38.8 Å². The van der Waals surface area contributed by atoms with Gasteiger partial charge in [-0.25, -0.2) is 22.9 Å². The van der Waals surface area contributed by atoms with Crippen molar-refractivity contribution in [2.75, 3.05) is 0 Å². The van der Waals surface area contributed by atoms with Crippen molar-refractivity contribution in [3.63, 3.8) is 0 Å². The standard InChI is InChI=1S/C10H13N5O4S/c1-14-5-7(3-8(14)10(16)17)20(18,19)12-4-9-11-6-15(2)13-9/h3,5-6,12H,4H2,1-2H3,(H,16,17). The first kappa shape index (κ1) is 14.2. The average Bonchev–Trinajstić information content (AvgIpc) is 2.93. The lowest BCUT2D eigenvalue weighted by Crippen LogP contribution is -2.23. The van der Waals surface area contributed by atoms with Crippen molar-refractivity contribution in [1.29, 1.82) is 0 Å². The van der Waals surface area contributed by atoms with Crippen LogP contribution in [-0.2, 0) is 30.7 Å². The summed E-state index contributed by atoms with van der Waals surface area (Å²) in [6.07, 6.45) is 2.69. The van der Waals surface area contributed by atoms with Gasteiger partial charge < -0.3 is 9.67 Å². The lowest BCUT2D eigenvalue weighted by molar-refractivity contribution is 0.0686. The number of nitrogens with zero attached hydrogens (tertiary/aromatic N) is 4. The molecule has 10 heteroatoms. The molecule has 0 aliphatic carbocycles. The number of hydrogen-bond donors (Lipinski definition) is 2. The third kappa shape index (κ3) is 2.86. The summed E-state index contributed by atoms with van der Waals surface area (Å²) in [4.78, 5) is 14.7. The van der Waals surface area contributed by atoms with E-state index in [0.717, 1.165) is 6.07 Å². The van der Waals surface area contributed by atoms with Gasteiger partial charge in [-0.2, -0.15) is 5.10 Å². The van der Waals surface area contributed by atoms with Crippen molar-refractivity contribution in [2.45, 2.75) is 11.4 Å². The van der Waals surface area contributed by atoms with E-state index in [0.29, 0.717) is 5.82 Å². The van der Waals surface area contributed by atoms with Crippen LogP contribution < -0.4 is 4.72 Å². The summed E-state index contributed by atoms with van der Waals surface area (Å²) in [6.45, 7) is -0.0690. The Bertz CT molecular complexity index is 746. The fraction of sp³-hybridized carbons (Fsp3) is 0.300. The van der Waals surface area contributed by atoms with E-state index in [2.05, 4.69) is 14.8 Å². The number of rotatable bonds is 5. The van der Waals surface area contributed by atoms with Crippen LogP contribution in [0.3, 0.4) is 0 Å². The number of aryl methyl sites for hydroxylation is 2. The highest BCUT2D eigenvalue weighted by atomic mass is 32.2. The Morgan fingerprint density at radius 2 is 2.15 bits per heavy atom. The zero-order valence-corrected chi connectivity index (χ0v) is 11.6. The fourth-order valence-electron chi connectivity index (χ4n) is 1.60. The van der Waals surface area contributed by atoms with Gasteiger partial charge in [0, 0.05) is 20.3 Å². The molecule has 0 saturated carbocycles. The molecule has 9 nitrogen and oxygen atoms in total. The maximum Gasteiger partial charge on any atom is 0.352 e. The van der Waals surface area contributed by atoms with Crippen LogP contribution in [0.2, 0.25) is 0 Å². The number of carbonyl (C=O) groups is 1. The molecule has 2 aromatic rings. The predicted octanol–water partition coefficient (Wildman–Crippen LogP) is -0.670. The van der Waals surface area contributed by atoms with Crippen molar-refractivity contribution in [3.8, 4) is 0 Å². The molecule has 0 spiro atoms.